The molecular weight excluding hydrogens is 638 g/mol. The Labute approximate surface area is 294 Å². The molecule has 1 spiro atoms. The molecule has 2 N–H and O–H groups in total. The summed E-state index contributed by atoms with van der Waals surface area (Å²) in [7, 11) is 1.50. The van der Waals surface area contributed by atoms with Crippen molar-refractivity contribution in [2.45, 2.75) is 82.4 Å². The molecule has 0 unspecified atom stereocenters. The van der Waals surface area contributed by atoms with E-state index >= 15 is 0 Å². The van der Waals surface area contributed by atoms with E-state index in [1.165, 1.54) is 12.0 Å². The first-order chi connectivity index (χ1) is 24.0. The van der Waals surface area contributed by atoms with E-state index in [4.69, 9.17) is 14.2 Å². The smallest absolute Gasteiger partial charge is 0.313 e. The third-order valence-electron chi connectivity index (χ3n) is 10.3. The predicted octanol–water partition coefficient (Wildman–Crippen LogP) is 3.96. The highest BCUT2D eigenvalue weighted by Crippen LogP contribution is 2.59. The quantitative estimate of drug-likeness (QED) is 0.200. The molecule has 3 aliphatic heterocycles. The Balaban J connectivity index is 1.52. The Morgan fingerprint density at radius 3 is 2.44 bits per heavy atom. The zero-order valence-electron chi connectivity index (χ0n) is 29.4. The van der Waals surface area contributed by atoms with Crippen molar-refractivity contribution < 1.29 is 38.5 Å². The van der Waals surface area contributed by atoms with Crippen LogP contribution in [0.5, 0.6) is 0 Å². The number of aliphatic hydroxyl groups is 1. The zero-order chi connectivity index (χ0) is 36.2. The third-order valence-corrected chi connectivity index (χ3v) is 10.3. The van der Waals surface area contributed by atoms with Crippen LogP contribution in [0.1, 0.15) is 55.4 Å². The summed E-state index contributed by atoms with van der Waals surface area (Å²) in [6, 6.07) is 12.3. The fourth-order valence-corrected chi connectivity index (χ4v) is 8.13. The van der Waals surface area contributed by atoms with Crippen LogP contribution in [0.3, 0.4) is 0 Å². The summed E-state index contributed by atoms with van der Waals surface area (Å²) in [6.45, 7) is 13.0. The van der Waals surface area contributed by atoms with Crippen molar-refractivity contribution in [2.24, 2.45) is 11.8 Å². The molecule has 11 heteroatoms. The van der Waals surface area contributed by atoms with Crippen LogP contribution >= 0.6 is 0 Å². The van der Waals surface area contributed by atoms with E-state index in [0.717, 1.165) is 16.8 Å². The maximum absolute atomic E-state index is 14.9. The Morgan fingerprint density at radius 2 is 1.82 bits per heavy atom. The SMILES string of the molecule is C=CCCC(=O)N[C@H](COC)[C@H](OC(=O)[C@@H]1[C@@H]2CC[C@]3(O2)[C@H](C(=O)N(CC=C)c2c(C)cccc2C)N([C@H](C)CO)C(=O)[C@@H]13)c1ccccc1. The van der Waals surface area contributed by atoms with Gasteiger partial charge in [0, 0.05) is 25.8 Å². The van der Waals surface area contributed by atoms with Gasteiger partial charge < -0.3 is 34.4 Å². The molecule has 11 nitrogen and oxygen atoms in total. The number of para-hydroxylation sites is 1. The van der Waals surface area contributed by atoms with Crippen LogP contribution in [0.2, 0.25) is 0 Å². The van der Waals surface area contributed by atoms with E-state index in [9.17, 15) is 24.3 Å². The van der Waals surface area contributed by atoms with Crippen LogP contribution in [0.15, 0.2) is 73.8 Å². The van der Waals surface area contributed by atoms with Gasteiger partial charge in [-0.05, 0) is 56.7 Å². The number of hydrogen-bond acceptors (Lipinski definition) is 8. The number of anilines is 1. The lowest BCUT2D eigenvalue weighted by atomic mass is 9.70. The maximum atomic E-state index is 14.9. The van der Waals surface area contributed by atoms with Gasteiger partial charge in [0.1, 0.15) is 17.7 Å². The standard InChI is InChI=1S/C39H49N3O8/c1-7-9-18-30(44)40-28(23-48-6)34(27-16-11-10-12-17-27)49-38(47)31-29-19-20-39(50-29)32(31)36(45)42(26(5)22-43)35(39)37(46)41(21-8-2)33-24(3)14-13-15-25(33)4/h7-8,10-17,26,28-29,31-32,34-35,43H,1-2,9,18-23H2,3-6H3,(H,40,44)/t26-,28-,29+,31-,32-,34-,35+,39-/m1/s1. The minimum atomic E-state index is -1.31. The summed E-state index contributed by atoms with van der Waals surface area (Å²) in [5.74, 6) is -3.73. The predicted molar refractivity (Wildman–Crippen MR) is 188 cm³/mol. The minimum absolute atomic E-state index is 0.0549. The molecule has 8 atom stereocenters. The molecule has 0 saturated carbocycles. The number of allylic oxidation sites excluding steroid dienone is 1. The number of carbonyl (C=O) groups is 4. The van der Waals surface area contributed by atoms with Gasteiger partial charge in [-0.1, -0.05) is 60.7 Å². The van der Waals surface area contributed by atoms with Gasteiger partial charge in [-0.25, -0.2) is 0 Å². The monoisotopic (exact) mass is 687 g/mol. The summed E-state index contributed by atoms with van der Waals surface area (Å²) in [6.07, 6.45) is 3.19. The largest absolute Gasteiger partial charge is 0.455 e. The van der Waals surface area contributed by atoms with E-state index in [1.54, 1.807) is 36.1 Å². The molecule has 3 heterocycles. The number of esters is 1. The molecule has 5 rings (SSSR count). The number of likely N-dealkylation sites (tertiary alicyclic amines) is 1. The van der Waals surface area contributed by atoms with Crippen LogP contribution in [0, 0.1) is 25.7 Å². The fraction of sp³-hybridized carbons (Fsp3) is 0.487. The summed E-state index contributed by atoms with van der Waals surface area (Å²) < 4.78 is 18.4. The van der Waals surface area contributed by atoms with Crippen molar-refractivity contribution in [2.75, 3.05) is 31.8 Å². The fourth-order valence-electron chi connectivity index (χ4n) is 8.13. The highest BCUT2D eigenvalue weighted by Gasteiger charge is 2.75. The van der Waals surface area contributed by atoms with E-state index in [0.29, 0.717) is 24.8 Å². The minimum Gasteiger partial charge on any atom is -0.455 e. The van der Waals surface area contributed by atoms with E-state index < -0.39 is 59.6 Å². The third kappa shape index (κ3) is 6.74. The molecule has 268 valence electrons. The van der Waals surface area contributed by atoms with Crippen molar-refractivity contribution in [3.8, 4) is 0 Å². The second-order valence-electron chi connectivity index (χ2n) is 13.5. The number of nitrogens with one attached hydrogen (secondary N) is 1. The molecule has 2 bridgehead atoms. The van der Waals surface area contributed by atoms with Crippen molar-refractivity contribution >= 4 is 29.4 Å². The van der Waals surface area contributed by atoms with E-state index in [-0.39, 0.29) is 38.0 Å². The van der Waals surface area contributed by atoms with Gasteiger partial charge in [0.15, 0.2) is 0 Å². The molecule has 0 radical (unpaired) electrons. The number of fused-ring (bicyclic) bond motifs is 1. The summed E-state index contributed by atoms with van der Waals surface area (Å²) >= 11 is 0. The molecule has 2 aromatic carbocycles. The van der Waals surface area contributed by atoms with Crippen molar-refractivity contribution in [1.29, 1.82) is 0 Å². The lowest BCUT2D eigenvalue weighted by Gasteiger charge is -2.39. The topological polar surface area (TPSA) is 135 Å². The van der Waals surface area contributed by atoms with Crippen molar-refractivity contribution in [3.63, 3.8) is 0 Å². The lowest BCUT2D eigenvalue weighted by molar-refractivity contribution is -0.163. The maximum Gasteiger partial charge on any atom is 0.313 e. The molecule has 3 fully saturated rings. The van der Waals surface area contributed by atoms with E-state index in [2.05, 4.69) is 18.5 Å². The van der Waals surface area contributed by atoms with Gasteiger partial charge in [-0.2, -0.15) is 0 Å². The second kappa shape index (κ2) is 15.7. The number of ether oxygens (including phenoxy) is 3. The Morgan fingerprint density at radius 1 is 1.12 bits per heavy atom. The van der Waals surface area contributed by atoms with Gasteiger partial charge in [-0.15, -0.1) is 13.2 Å². The Hall–Kier alpha value is -4.32. The first kappa shape index (κ1) is 36.9. The lowest BCUT2D eigenvalue weighted by Crippen LogP contribution is -2.58. The molecule has 0 aliphatic carbocycles. The van der Waals surface area contributed by atoms with Gasteiger partial charge in [-0.3, -0.25) is 19.2 Å². The number of aryl methyl sites for hydroxylation is 2. The van der Waals surface area contributed by atoms with Crippen LogP contribution < -0.4 is 10.2 Å². The Kier molecular flexibility index (Phi) is 11.6. The van der Waals surface area contributed by atoms with Crippen LogP contribution in [-0.2, 0) is 33.4 Å². The Bertz CT molecular complexity index is 1580. The molecule has 2 aromatic rings. The van der Waals surface area contributed by atoms with Gasteiger partial charge in [0.05, 0.1) is 43.2 Å². The van der Waals surface area contributed by atoms with Gasteiger partial charge in [0.25, 0.3) is 5.91 Å². The van der Waals surface area contributed by atoms with Crippen LogP contribution in [-0.4, -0.2) is 90.4 Å². The summed E-state index contributed by atoms with van der Waals surface area (Å²) in [4.78, 5) is 59.7. The molecule has 50 heavy (non-hydrogen) atoms. The van der Waals surface area contributed by atoms with Crippen LogP contribution in [0.4, 0.5) is 5.69 Å². The van der Waals surface area contributed by atoms with Crippen molar-refractivity contribution in [1.82, 2.24) is 10.2 Å². The number of nitrogens with zero attached hydrogens (tertiary/aromatic N) is 2. The van der Waals surface area contributed by atoms with Gasteiger partial charge in [0.2, 0.25) is 11.8 Å². The second-order valence-corrected chi connectivity index (χ2v) is 13.5. The number of aliphatic hydroxyl groups excluding tert-OH is 1. The summed E-state index contributed by atoms with van der Waals surface area (Å²) in [5, 5.41) is 13.3. The van der Waals surface area contributed by atoms with Crippen LogP contribution in [0.25, 0.3) is 0 Å². The first-order valence-electron chi connectivity index (χ1n) is 17.3. The number of hydrogen-bond donors (Lipinski definition) is 2. The number of rotatable bonds is 16. The summed E-state index contributed by atoms with van der Waals surface area (Å²) in [5.41, 5.74) is 1.81. The number of benzene rings is 2. The molecule has 3 saturated heterocycles. The average Bonchev–Trinajstić information content (AvgIpc) is 3.76. The highest BCUT2D eigenvalue weighted by atomic mass is 16.6. The van der Waals surface area contributed by atoms with Crippen molar-refractivity contribution in [3.05, 3.63) is 90.5 Å². The van der Waals surface area contributed by atoms with E-state index in [1.807, 2.05) is 50.2 Å². The molecule has 3 amide bonds. The molecule has 3 aliphatic rings. The molecule has 0 aromatic heterocycles. The first-order valence-corrected chi connectivity index (χ1v) is 17.3. The highest BCUT2D eigenvalue weighted by molar-refractivity contribution is 6.05. The number of methoxy groups -OCH3 is 1. The number of carbonyl (C=O) groups excluding carboxylic acids is 4. The molecular formula is C39H49N3O8. The normalized spacial score (nSPS) is 25.4. The van der Waals surface area contributed by atoms with Gasteiger partial charge >= 0.3 is 5.97 Å². The zero-order valence-corrected chi connectivity index (χ0v) is 29.4. The average molecular weight is 688 g/mol. The number of amides is 3.